The maximum atomic E-state index is 6.20. The van der Waals surface area contributed by atoms with Crippen molar-refractivity contribution in [1.82, 2.24) is 5.32 Å². The average Bonchev–Trinajstić information content (AvgIpc) is 2.37. The number of rotatable bonds is 5. The molecule has 2 unspecified atom stereocenters. The van der Waals surface area contributed by atoms with Crippen LogP contribution in [-0.4, -0.2) is 24.8 Å². The topological polar surface area (TPSA) is 21.3 Å². The minimum absolute atomic E-state index is 0.284. The Hall–Kier alpha value is -0.0800. The van der Waals surface area contributed by atoms with Gasteiger partial charge in [0, 0.05) is 12.6 Å². The van der Waals surface area contributed by atoms with Gasteiger partial charge in [0.2, 0.25) is 0 Å². The Bertz CT molecular complexity index is 252. The summed E-state index contributed by atoms with van der Waals surface area (Å²) in [4.78, 5) is 0. The molecule has 0 bridgehead atoms. The second kappa shape index (κ2) is 7.08. The van der Waals surface area contributed by atoms with Gasteiger partial charge in [0.1, 0.15) is 0 Å². The zero-order valence-corrected chi connectivity index (χ0v) is 13.2. The zero-order valence-electron chi connectivity index (χ0n) is 13.2. The molecule has 2 rings (SSSR count). The fourth-order valence-electron chi connectivity index (χ4n) is 3.96. The highest BCUT2D eigenvalue weighted by Gasteiger charge is 2.38. The van der Waals surface area contributed by atoms with Crippen LogP contribution in [0.3, 0.4) is 0 Å². The predicted octanol–water partition coefficient (Wildman–Crippen LogP) is 4.14. The molecule has 1 saturated carbocycles. The lowest BCUT2D eigenvalue weighted by Gasteiger charge is -2.44. The second-order valence-corrected chi connectivity index (χ2v) is 7.35. The van der Waals surface area contributed by atoms with Crippen molar-refractivity contribution in [3.63, 3.8) is 0 Å². The van der Waals surface area contributed by atoms with Gasteiger partial charge in [-0.15, -0.1) is 0 Å². The second-order valence-electron chi connectivity index (χ2n) is 7.35. The van der Waals surface area contributed by atoms with Crippen molar-refractivity contribution in [1.29, 1.82) is 0 Å². The van der Waals surface area contributed by atoms with Gasteiger partial charge in [-0.05, 0) is 50.5 Å². The predicted molar refractivity (Wildman–Crippen MR) is 81.4 cm³/mol. The summed E-state index contributed by atoms with van der Waals surface area (Å²) in [6, 6.07) is 0.613. The smallest absolute Gasteiger partial charge is 0.0685 e. The average molecular weight is 267 g/mol. The quantitative estimate of drug-likeness (QED) is 0.808. The number of ether oxygens (including phenoxy) is 1. The Morgan fingerprint density at radius 3 is 2.58 bits per heavy atom. The molecule has 2 fully saturated rings. The molecular weight excluding hydrogens is 234 g/mol. The first kappa shape index (κ1) is 15.3. The Morgan fingerprint density at radius 1 is 1.16 bits per heavy atom. The van der Waals surface area contributed by atoms with Crippen LogP contribution in [0.15, 0.2) is 0 Å². The molecule has 0 radical (unpaired) electrons. The van der Waals surface area contributed by atoms with Gasteiger partial charge in [-0.25, -0.2) is 0 Å². The SMILES string of the molecule is CC(CNC(C)C)CC1CCOC2(CCCCC2)C1. The van der Waals surface area contributed by atoms with Crippen LogP contribution < -0.4 is 5.32 Å². The van der Waals surface area contributed by atoms with Crippen molar-refractivity contribution in [2.75, 3.05) is 13.2 Å². The van der Waals surface area contributed by atoms with E-state index in [1.54, 1.807) is 0 Å². The van der Waals surface area contributed by atoms with E-state index in [1.165, 1.54) is 57.9 Å². The molecule has 1 aliphatic heterocycles. The summed E-state index contributed by atoms with van der Waals surface area (Å²) in [7, 11) is 0. The molecule has 1 aliphatic carbocycles. The van der Waals surface area contributed by atoms with Crippen LogP contribution in [0.4, 0.5) is 0 Å². The maximum absolute atomic E-state index is 6.20. The number of nitrogens with one attached hydrogen (secondary N) is 1. The summed E-state index contributed by atoms with van der Waals surface area (Å²) in [5.74, 6) is 1.70. The molecular formula is C17H33NO. The van der Waals surface area contributed by atoms with Gasteiger partial charge >= 0.3 is 0 Å². The minimum atomic E-state index is 0.284. The maximum Gasteiger partial charge on any atom is 0.0685 e. The molecule has 2 nitrogen and oxygen atoms in total. The van der Waals surface area contributed by atoms with Crippen molar-refractivity contribution in [3.05, 3.63) is 0 Å². The monoisotopic (exact) mass is 267 g/mol. The molecule has 0 amide bonds. The lowest BCUT2D eigenvalue weighted by molar-refractivity contribution is -0.119. The van der Waals surface area contributed by atoms with E-state index in [1.807, 2.05) is 0 Å². The molecule has 2 atom stereocenters. The first-order valence-electron chi connectivity index (χ1n) is 8.47. The van der Waals surface area contributed by atoms with E-state index in [9.17, 15) is 0 Å². The Kier molecular flexibility index (Phi) is 5.70. The summed E-state index contributed by atoms with van der Waals surface area (Å²) in [5.41, 5.74) is 0.284. The van der Waals surface area contributed by atoms with Crippen LogP contribution in [-0.2, 0) is 4.74 Å². The van der Waals surface area contributed by atoms with Gasteiger partial charge in [-0.1, -0.05) is 40.0 Å². The standard InChI is InChI=1S/C17H33NO/c1-14(2)18-13-15(3)11-16-7-10-19-17(12-16)8-5-4-6-9-17/h14-16,18H,4-13H2,1-3H3. The Morgan fingerprint density at radius 2 is 1.89 bits per heavy atom. The Balaban J connectivity index is 1.77. The zero-order chi connectivity index (χ0) is 13.7. The van der Waals surface area contributed by atoms with Crippen molar-refractivity contribution in [3.8, 4) is 0 Å². The molecule has 112 valence electrons. The van der Waals surface area contributed by atoms with E-state index in [4.69, 9.17) is 4.74 Å². The number of hydrogen-bond acceptors (Lipinski definition) is 2. The molecule has 0 aromatic heterocycles. The van der Waals surface area contributed by atoms with E-state index >= 15 is 0 Å². The molecule has 0 aromatic carbocycles. The van der Waals surface area contributed by atoms with Crippen LogP contribution in [0.2, 0.25) is 0 Å². The fourth-order valence-corrected chi connectivity index (χ4v) is 3.96. The molecule has 19 heavy (non-hydrogen) atoms. The van der Waals surface area contributed by atoms with E-state index < -0.39 is 0 Å². The molecule has 1 heterocycles. The third-order valence-corrected chi connectivity index (χ3v) is 4.97. The van der Waals surface area contributed by atoms with E-state index in [2.05, 4.69) is 26.1 Å². The van der Waals surface area contributed by atoms with Gasteiger partial charge < -0.3 is 10.1 Å². The van der Waals surface area contributed by atoms with Crippen LogP contribution in [0, 0.1) is 11.8 Å². The van der Waals surface area contributed by atoms with Gasteiger partial charge in [0.25, 0.3) is 0 Å². The fraction of sp³-hybridized carbons (Fsp3) is 1.00. The number of hydrogen-bond donors (Lipinski definition) is 1. The highest BCUT2D eigenvalue weighted by molar-refractivity contribution is 4.90. The summed E-state index contributed by atoms with van der Waals surface area (Å²) >= 11 is 0. The molecule has 1 spiro atoms. The van der Waals surface area contributed by atoms with Gasteiger partial charge in [0.05, 0.1) is 5.60 Å². The van der Waals surface area contributed by atoms with Gasteiger partial charge in [-0.2, -0.15) is 0 Å². The van der Waals surface area contributed by atoms with Crippen LogP contribution >= 0.6 is 0 Å². The first-order valence-corrected chi connectivity index (χ1v) is 8.47. The normalized spacial score (nSPS) is 28.7. The van der Waals surface area contributed by atoms with E-state index in [0.717, 1.165) is 18.4 Å². The van der Waals surface area contributed by atoms with Crippen LogP contribution in [0.1, 0.15) is 72.1 Å². The third kappa shape index (κ3) is 4.75. The summed E-state index contributed by atoms with van der Waals surface area (Å²) in [6.45, 7) is 9.05. The van der Waals surface area contributed by atoms with E-state index in [-0.39, 0.29) is 5.60 Å². The molecule has 1 N–H and O–H groups in total. The van der Waals surface area contributed by atoms with Crippen molar-refractivity contribution >= 4 is 0 Å². The first-order chi connectivity index (χ1) is 9.10. The molecule has 2 aliphatic rings. The van der Waals surface area contributed by atoms with Crippen LogP contribution in [0.5, 0.6) is 0 Å². The van der Waals surface area contributed by atoms with Crippen molar-refractivity contribution < 1.29 is 4.74 Å². The summed E-state index contributed by atoms with van der Waals surface area (Å²) < 4.78 is 6.20. The van der Waals surface area contributed by atoms with E-state index in [0.29, 0.717) is 6.04 Å². The lowest BCUT2D eigenvalue weighted by Crippen LogP contribution is -2.42. The van der Waals surface area contributed by atoms with Crippen molar-refractivity contribution in [2.24, 2.45) is 11.8 Å². The van der Waals surface area contributed by atoms with Gasteiger partial charge in [0.15, 0.2) is 0 Å². The third-order valence-electron chi connectivity index (χ3n) is 4.97. The molecule has 1 saturated heterocycles. The Labute approximate surface area is 119 Å². The summed E-state index contributed by atoms with van der Waals surface area (Å²) in [5, 5.41) is 3.57. The van der Waals surface area contributed by atoms with Crippen LogP contribution in [0.25, 0.3) is 0 Å². The highest BCUT2D eigenvalue weighted by atomic mass is 16.5. The molecule has 2 heteroatoms. The van der Waals surface area contributed by atoms with Gasteiger partial charge in [-0.3, -0.25) is 0 Å². The minimum Gasteiger partial charge on any atom is -0.375 e. The largest absolute Gasteiger partial charge is 0.375 e. The highest BCUT2D eigenvalue weighted by Crippen LogP contribution is 2.42. The summed E-state index contributed by atoms with van der Waals surface area (Å²) in [6.07, 6.45) is 10.8. The molecule has 0 aromatic rings. The lowest BCUT2D eigenvalue weighted by atomic mass is 9.74. The van der Waals surface area contributed by atoms with Crippen molar-refractivity contribution in [2.45, 2.75) is 83.8 Å².